The van der Waals surface area contributed by atoms with Gasteiger partial charge < -0.3 is 20.6 Å². The molecule has 2 aromatic heterocycles. The lowest BCUT2D eigenvalue weighted by molar-refractivity contribution is -0.131. The van der Waals surface area contributed by atoms with Crippen LogP contribution in [0.3, 0.4) is 0 Å². The predicted octanol–water partition coefficient (Wildman–Crippen LogP) is 8.53. The number of aromatic amines is 2. The van der Waals surface area contributed by atoms with E-state index in [0.717, 1.165) is 33.6 Å². The van der Waals surface area contributed by atoms with Gasteiger partial charge in [-0.25, -0.2) is 9.97 Å². The number of rotatable bonds is 11. The van der Waals surface area contributed by atoms with Crippen LogP contribution in [0.15, 0.2) is 60.9 Å². The van der Waals surface area contributed by atoms with Crippen LogP contribution < -0.4 is 10.6 Å². The Kier molecular flexibility index (Phi) is 10.4. The van der Waals surface area contributed by atoms with Gasteiger partial charge in [-0.2, -0.15) is 0 Å². The molecule has 0 spiro atoms. The van der Waals surface area contributed by atoms with Gasteiger partial charge in [0.15, 0.2) is 0 Å². The number of nitrogens with one attached hydrogen (secondary N) is 4. The Bertz CT molecular complexity index is 1580. The average Bonchev–Trinajstić information content (AvgIpc) is 3.72. The van der Waals surface area contributed by atoms with Gasteiger partial charge in [0.1, 0.15) is 11.6 Å². The lowest BCUT2D eigenvalue weighted by atomic mass is 9.84. The third-order valence-electron chi connectivity index (χ3n) is 8.63. The molecule has 8 nitrogen and oxygen atoms in total. The molecule has 4 aromatic rings. The van der Waals surface area contributed by atoms with Crippen molar-refractivity contribution in [3.63, 3.8) is 0 Å². The van der Waals surface area contributed by atoms with Gasteiger partial charge in [0, 0.05) is 21.7 Å². The Morgan fingerprint density at radius 1 is 0.583 bits per heavy atom. The van der Waals surface area contributed by atoms with Gasteiger partial charge in [0.25, 0.3) is 0 Å². The number of benzene rings is 2. The van der Waals surface area contributed by atoms with Crippen LogP contribution in [0, 0.1) is 21.7 Å². The number of H-pyrrole nitrogens is 2. The quantitative estimate of drug-likeness (QED) is 0.129. The third kappa shape index (κ3) is 8.20. The van der Waals surface area contributed by atoms with Crippen LogP contribution in [-0.2, 0) is 9.59 Å². The molecule has 0 fully saturated rings. The van der Waals surface area contributed by atoms with Crippen molar-refractivity contribution in [2.24, 2.45) is 21.7 Å². The van der Waals surface area contributed by atoms with Crippen molar-refractivity contribution in [3.05, 3.63) is 72.6 Å². The van der Waals surface area contributed by atoms with E-state index in [9.17, 15) is 18.4 Å². The summed E-state index contributed by atoms with van der Waals surface area (Å²) in [6.07, 6.45) is 3.41. The molecule has 0 saturated carbocycles. The zero-order valence-electron chi connectivity index (χ0n) is 29.8. The van der Waals surface area contributed by atoms with Crippen molar-refractivity contribution in [3.8, 4) is 33.6 Å². The van der Waals surface area contributed by atoms with E-state index in [-0.39, 0.29) is 11.8 Å². The van der Waals surface area contributed by atoms with Crippen molar-refractivity contribution >= 4 is 11.8 Å². The normalized spacial score (nSPS) is 14.0. The zero-order valence-corrected chi connectivity index (χ0v) is 29.8. The molecule has 10 heteroatoms. The summed E-state index contributed by atoms with van der Waals surface area (Å²) in [5, 5.41) is 5.99. The molecule has 258 valence electrons. The van der Waals surface area contributed by atoms with Crippen molar-refractivity contribution in [2.75, 3.05) is 13.3 Å². The van der Waals surface area contributed by atoms with Crippen molar-refractivity contribution in [1.29, 1.82) is 0 Å². The molecule has 0 saturated heterocycles. The lowest BCUT2D eigenvalue weighted by Gasteiger charge is -2.33. The summed E-state index contributed by atoms with van der Waals surface area (Å²) in [6, 6.07) is 14.8. The lowest BCUT2D eigenvalue weighted by Crippen LogP contribution is -2.44. The van der Waals surface area contributed by atoms with Crippen LogP contribution in [0.2, 0.25) is 0 Å². The fourth-order valence-electron chi connectivity index (χ4n) is 5.06. The van der Waals surface area contributed by atoms with E-state index >= 15 is 0 Å². The Labute approximate surface area is 283 Å². The van der Waals surface area contributed by atoms with Crippen LogP contribution in [0.25, 0.3) is 33.6 Å². The maximum atomic E-state index is 14.1. The molecular weight excluding hydrogens is 610 g/mol. The number of carbonyl (C=O) groups excluding carboxylic acids is 2. The van der Waals surface area contributed by atoms with E-state index in [1.807, 2.05) is 90.1 Å². The van der Waals surface area contributed by atoms with E-state index < -0.39 is 47.1 Å². The van der Waals surface area contributed by atoms with Crippen LogP contribution in [0.5, 0.6) is 0 Å². The van der Waals surface area contributed by atoms with Crippen molar-refractivity contribution < 1.29 is 18.4 Å². The van der Waals surface area contributed by atoms with Gasteiger partial charge in [-0.3, -0.25) is 18.4 Å². The molecule has 4 rings (SSSR count). The highest BCUT2D eigenvalue weighted by atomic mass is 19.1. The second-order valence-corrected chi connectivity index (χ2v) is 16.1. The first-order valence-electron chi connectivity index (χ1n) is 16.3. The highest BCUT2D eigenvalue weighted by Gasteiger charge is 2.38. The van der Waals surface area contributed by atoms with Crippen LogP contribution >= 0.6 is 0 Å². The highest BCUT2D eigenvalue weighted by Crippen LogP contribution is 2.36. The molecular formula is C38H50F2N6O2. The smallest absolute Gasteiger partial charge is 0.225 e. The number of aromatic nitrogens is 4. The number of alkyl halides is 2. The Balaban J connectivity index is 1.52. The van der Waals surface area contributed by atoms with Gasteiger partial charge >= 0.3 is 0 Å². The second-order valence-electron chi connectivity index (χ2n) is 16.1. The number of nitrogens with zero attached hydrogens (tertiary/aromatic N) is 2. The number of hydrogen-bond donors (Lipinski definition) is 4. The maximum Gasteiger partial charge on any atom is 0.225 e. The topological polar surface area (TPSA) is 116 Å². The molecule has 2 atom stereocenters. The van der Waals surface area contributed by atoms with E-state index in [2.05, 4.69) is 30.6 Å². The molecule has 0 aliphatic heterocycles. The number of halogens is 2. The summed E-state index contributed by atoms with van der Waals surface area (Å²) < 4.78 is 28.1. The van der Waals surface area contributed by atoms with Gasteiger partial charge in [-0.05, 0) is 22.3 Å². The minimum Gasteiger partial charge on any atom is -0.345 e. The number of hydrogen-bond acceptors (Lipinski definition) is 4. The Morgan fingerprint density at radius 2 is 0.875 bits per heavy atom. The van der Waals surface area contributed by atoms with Gasteiger partial charge in [-0.15, -0.1) is 0 Å². The molecule has 0 bridgehead atoms. The number of imidazole rings is 2. The highest BCUT2D eigenvalue weighted by molar-refractivity contribution is 5.82. The SMILES string of the molecule is CC(C)(C)C(=O)NC(c1ncc(-c2ccc(-c3ccc(-c4cnc([C@@H](NC(=O)C(C)(C)C)C(C)(C)CF)[nH]4)cc3)cc2)[nH]1)C(C)(C)CF. The monoisotopic (exact) mass is 660 g/mol. The van der Waals surface area contributed by atoms with Crippen molar-refractivity contribution in [2.45, 2.75) is 81.3 Å². The molecule has 2 heterocycles. The molecule has 48 heavy (non-hydrogen) atoms. The number of amides is 2. The predicted molar refractivity (Wildman–Crippen MR) is 187 cm³/mol. The summed E-state index contributed by atoms with van der Waals surface area (Å²) in [6.45, 7) is 16.8. The Hall–Kier alpha value is -4.34. The molecule has 1 unspecified atom stereocenters. The van der Waals surface area contributed by atoms with Gasteiger partial charge in [0.05, 0.1) is 49.2 Å². The molecule has 0 aliphatic carbocycles. The van der Waals surface area contributed by atoms with Crippen LogP contribution in [-0.4, -0.2) is 45.1 Å². The van der Waals surface area contributed by atoms with Crippen LogP contribution in [0.4, 0.5) is 8.78 Å². The summed E-state index contributed by atoms with van der Waals surface area (Å²) in [5.74, 6) is 0.654. The Morgan fingerprint density at radius 3 is 1.15 bits per heavy atom. The fourth-order valence-corrected chi connectivity index (χ4v) is 5.06. The summed E-state index contributed by atoms with van der Waals surface area (Å²) in [5.41, 5.74) is 2.38. The zero-order chi connectivity index (χ0) is 35.7. The standard InChI is InChI=1S/C38H50F2N6O2/c1-35(2,3)33(47)45-29(37(7,8)21-39)31-41-19-27(43-31)25-15-11-23(12-16-25)24-13-17-26(18-14-24)28-20-42-32(44-28)30(38(9,10)22-40)46-34(48)36(4,5)6/h11-20,29-30H,21-22H2,1-10H3,(H,41,43)(H,42,44)(H,45,47)(H,46,48)/t29-,30?/m1/s1. The molecule has 0 radical (unpaired) electrons. The molecule has 2 amide bonds. The first-order valence-corrected chi connectivity index (χ1v) is 16.3. The first-order chi connectivity index (χ1) is 22.3. The van der Waals surface area contributed by atoms with E-state index in [1.54, 1.807) is 40.1 Å². The van der Waals surface area contributed by atoms with Gasteiger partial charge in [0.2, 0.25) is 11.8 Å². The fraction of sp³-hybridized carbons (Fsp3) is 0.474. The molecule has 0 aliphatic rings. The summed E-state index contributed by atoms with van der Waals surface area (Å²) in [7, 11) is 0. The summed E-state index contributed by atoms with van der Waals surface area (Å²) in [4.78, 5) is 41.3. The van der Waals surface area contributed by atoms with Gasteiger partial charge in [-0.1, -0.05) is 118 Å². The van der Waals surface area contributed by atoms with E-state index in [4.69, 9.17) is 0 Å². The first kappa shape index (κ1) is 36.5. The minimum absolute atomic E-state index is 0.176. The molecule has 2 aromatic carbocycles. The maximum absolute atomic E-state index is 14.1. The minimum atomic E-state index is -0.862. The van der Waals surface area contributed by atoms with E-state index in [1.165, 1.54) is 0 Å². The molecule has 4 N–H and O–H groups in total. The second kappa shape index (κ2) is 13.6. The largest absolute Gasteiger partial charge is 0.345 e. The van der Waals surface area contributed by atoms with E-state index in [0.29, 0.717) is 11.6 Å². The summed E-state index contributed by atoms with van der Waals surface area (Å²) >= 11 is 0. The third-order valence-corrected chi connectivity index (χ3v) is 8.63. The average molecular weight is 661 g/mol. The number of carbonyl (C=O) groups is 2. The van der Waals surface area contributed by atoms with Crippen LogP contribution in [0.1, 0.15) is 93.0 Å². The van der Waals surface area contributed by atoms with Crippen molar-refractivity contribution in [1.82, 2.24) is 30.6 Å².